The molecule has 116 valence electrons. The van der Waals surface area contributed by atoms with E-state index in [4.69, 9.17) is 0 Å². The Hall–Kier alpha value is -1.72. The molecule has 2 N–H and O–H groups in total. The molecule has 2 aromatic carbocycles. The molecule has 1 amide bonds. The van der Waals surface area contributed by atoms with Crippen LogP contribution >= 0.6 is 15.9 Å². The lowest BCUT2D eigenvalue weighted by molar-refractivity contribution is -0.115. The van der Waals surface area contributed by atoms with Crippen molar-refractivity contribution in [3.05, 3.63) is 63.9 Å². The van der Waals surface area contributed by atoms with Crippen molar-refractivity contribution >= 4 is 27.5 Å². The fourth-order valence-electron chi connectivity index (χ4n) is 2.10. The number of aryl methyl sites for hydroxylation is 1. The summed E-state index contributed by atoms with van der Waals surface area (Å²) in [6.07, 6.45) is 0. The number of hydrogen-bond acceptors (Lipinski definition) is 2. The first kappa shape index (κ1) is 16.6. The van der Waals surface area contributed by atoms with E-state index in [1.807, 2.05) is 32.0 Å². The Balaban J connectivity index is 1.91. The van der Waals surface area contributed by atoms with Crippen LogP contribution in [0.1, 0.15) is 24.1 Å². The van der Waals surface area contributed by atoms with Gasteiger partial charge in [0.1, 0.15) is 5.82 Å². The molecule has 1 unspecified atom stereocenters. The summed E-state index contributed by atoms with van der Waals surface area (Å²) in [7, 11) is 0. The number of carbonyl (C=O) groups excluding carboxylic acids is 1. The predicted molar refractivity (Wildman–Crippen MR) is 90.3 cm³/mol. The molecule has 0 aliphatic carbocycles. The molecule has 0 heterocycles. The smallest absolute Gasteiger partial charge is 0.238 e. The van der Waals surface area contributed by atoms with E-state index in [9.17, 15) is 9.18 Å². The maximum atomic E-state index is 13.7. The van der Waals surface area contributed by atoms with Crippen LogP contribution in [0.5, 0.6) is 0 Å². The van der Waals surface area contributed by atoms with Crippen molar-refractivity contribution in [1.29, 1.82) is 0 Å². The Labute approximate surface area is 138 Å². The Morgan fingerprint density at radius 2 is 2.00 bits per heavy atom. The number of benzene rings is 2. The summed E-state index contributed by atoms with van der Waals surface area (Å²) in [4.78, 5) is 12.0. The Morgan fingerprint density at radius 3 is 2.68 bits per heavy atom. The fourth-order valence-corrected chi connectivity index (χ4v) is 2.69. The molecule has 1 atom stereocenters. The van der Waals surface area contributed by atoms with Crippen LogP contribution in [0.25, 0.3) is 0 Å². The summed E-state index contributed by atoms with van der Waals surface area (Å²) >= 11 is 3.42. The second kappa shape index (κ2) is 7.51. The highest BCUT2D eigenvalue weighted by Gasteiger charge is 2.12. The third-order valence-electron chi connectivity index (χ3n) is 3.34. The van der Waals surface area contributed by atoms with Crippen LogP contribution in [0.3, 0.4) is 0 Å². The lowest BCUT2D eigenvalue weighted by atomic mass is 10.1. The summed E-state index contributed by atoms with van der Waals surface area (Å²) in [6, 6.07) is 12.0. The van der Waals surface area contributed by atoms with Gasteiger partial charge in [-0.15, -0.1) is 0 Å². The maximum absolute atomic E-state index is 13.7. The Bertz CT molecular complexity index is 675. The van der Waals surface area contributed by atoms with E-state index in [1.165, 1.54) is 6.07 Å². The van der Waals surface area contributed by atoms with Crippen LogP contribution in [-0.2, 0) is 4.79 Å². The Morgan fingerprint density at radius 1 is 1.27 bits per heavy atom. The second-order valence-electron chi connectivity index (χ2n) is 5.16. The van der Waals surface area contributed by atoms with Gasteiger partial charge < -0.3 is 10.6 Å². The zero-order valence-electron chi connectivity index (χ0n) is 12.5. The number of amides is 1. The van der Waals surface area contributed by atoms with Gasteiger partial charge in [-0.25, -0.2) is 4.39 Å². The zero-order chi connectivity index (χ0) is 16.1. The van der Waals surface area contributed by atoms with Crippen molar-refractivity contribution in [2.45, 2.75) is 19.9 Å². The molecule has 0 saturated heterocycles. The molecular weight excluding hydrogens is 347 g/mol. The molecular formula is C17H18BrFN2O. The van der Waals surface area contributed by atoms with Crippen molar-refractivity contribution in [1.82, 2.24) is 5.32 Å². The minimum atomic E-state index is -0.274. The highest BCUT2D eigenvalue weighted by Crippen LogP contribution is 2.23. The summed E-state index contributed by atoms with van der Waals surface area (Å²) in [6.45, 7) is 3.91. The molecule has 0 radical (unpaired) electrons. The molecule has 22 heavy (non-hydrogen) atoms. The van der Waals surface area contributed by atoms with Gasteiger partial charge in [-0.3, -0.25) is 4.79 Å². The van der Waals surface area contributed by atoms with Gasteiger partial charge in [-0.2, -0.15) is 0 Å². The highest BCUT2D eigenvalue weighted by molar-refractivity contribution is 9.10. The summed E-state index contributed by atoms with van der Waals surface area (Å²) < 4.78 is 14.5. The highest BCUT2D eigenvalue weighted by atomic mass is 79.9. The first-order valence-electron chi connectivity index (χ1n) is 7.01. The van der Waals surface area contributed by atoms with Gasteiger partial charge in [0.05, 0.1) is 12.2 Å². The van der Waals surface area contributed by atoms with Crippen LogP contribution in [-0.4, -0.2) is 12.5 Å². The van der Waals surface area contributed by atoms with Crippen molar-refractivity contribution < 1.29 is 9.18 Å². The van der Waals surface area contributed by atoms with Crippen LogP contribution in [0.15, 0.2) is 46.9 Å². The van der Waals surface area contributed by atoms with E-state index >= 15 is 0 Å². The van der Waals surface area contributed by atoms with Gasteiger partial charge in [0, 0.05) is 16.1 Å². The van der Waals surface area contributed by atoms with Crippen molar-refractivity contribution in [2.75, 3.05) is 11.9 Å². The minimum Gasteiger partial charge on any atom is -0.324 e. The van der Waals surface area contributed by atoms with Gasteiger partial charge in [0.25, 0.3) is 0 Å². The quantitative estimate of drug-likeness (QED) is 0.835. The fraction of sp³-hybridized carbons (Fsp3) is 0.235. The van der Waals surface area contributed by atoms with E-state index in [0.29, 0.717) is 5.56 Å². The van der Waals surface area contributed by atoms with E-state index in [1.54, 1.807) is 18.2 Å². The summed E-state index contributed by atoms with van der Waals surface area (Å²) in [5.41, 5.74) is 2.37. The first-order chi connectivity index (χ1) is 10.5. The molecule has 0 fully saturated rings. The SMILES string of the molecule is Cc1ccc(NC(=O)CNC(C)c2ccccc2F)c(Br)c1. The summed E-state index contributed by atoms with van der Waals surface area (Å²) in [5, 5.41) is 5.84. The molecule has 5 heteroatoms. The lowest BCUT2D eigenvalue weighted by Gasteiger charge is -2.15. The molecule has 0 saturated carbocycles. The lowest BCUT2D eigenvalue weighted by Crippen LogP contribution is -2.30. The molecule has 2 rings (SSSR count). The molecule has 0 aliphatic heterocycles. The van der Waals surface area contributed by atoms with Gasteiger partial charge >= 0.3 is 0 Å². The van der Waals surface area contributed by atoms with Gasteiger partial charge in [-0.1, -0.05) is 24.3 Å². The molecule has 0 aromatic heterocycles. The van der Waals surface area contributed by atoms with Gasteiger partial charge in [-0.05, 0) is 53.5 Å². The summed E-state index contributed by atoms with van der Waals surface area (Å²) in [5.74, 6) is -0.447. The standard InChI is InChI=1S/C17H18BrFN2O/c1-11-7-8-16(14(18)9-11)21-17(22)10-20-12(2)13-5-3-4-6-15(13)19/h3-9,12,20H,10H2,1-2H3,(H,21,22). The van der Waals surface area contributed by atoms with E-state index in [0.717, 1.165) is 15.7 Å². The first-order valence-corrected chi connectivity index (χ1v) is 7.80. The second-order valence-corrected chi connectivity index (χ2v) is 6.01. The predicted octanol–water partition coefficient (Wildman–Crippen LogP) is 4.19. The molecule has 0 aliphatic rings. The number of hydrogen-bond donors (Lipinski definition) is 2. The normalized spacial score (nSPS) is 12.0. The zero-order valence-corrected chi connectivity index (χ0v) is 14.1. The van der Waals surface area contributed by atoms with Gasteiger partial charge in [0.2, 0.25) is 5.91 Å². The third-order valence-corrected chi connectivity index (χ3v) is 4.00. The van der Waals surface area contributed by atoms with Crippen molar-refractivity contribution in [3.8, 4) is 0 Å². The molecule has 0 spiro atoms. The van der Waals surface area contributed by atoms with Crippen LogP contribution in [0, 0.1) is 12.7 Å². The number of carbonyl (C=O) groups is 1. The minimum absolute atomic E-state index is 0.107. The molecule has 0 bridgehead atoms. The average Bonchev–Trinajstić information content (AvgIpc) is 2.48. The topological polar surface area (TPSA) is 41.1 Å². The maximum Gasteiger partial charge on any atom is 0.238 e. The van der Waals surface area contributed by atoms with E-state index in [2.05, 4.69) is 26.6 Å². The largest absolute Gasteiger partial charge is 0.324 e. The third kappa shape index (κ3) is 4.39. The molecule has 3 nitrogen and oxygen atoms in total. The number of halogens is 2. The molecule has 2 aromatic rings. The average molecular weight is 365 g/mol. The number of rotatable bonds is 5. The van der Waals surface area contributed by atoms with Crippen LogP contribution < -0.4 is 10.6 Å². The van der Waals surface area contributed by atoms with E-state index < -0.39 is 0 Å². The van der Waals surface area contributed by atoms with E-state index in [-0.39, 0.29) is 24.3 Å². The van der Waals surface area contributed by atoms with Crippen molar-refractivity contribution in [2.24, 2.45) is 0 Å². The number of nitrogens with one attached hydrogen (secondary N) is 2. The van der Waals surface area contributed by atoms with Crippen molar-refractivity contribution in [3.63, 3.8) is 0 Å². The van der Waals surface area contributed by atoms with Gasteiger partial charge in [0.15, 0.2) is 0 Å². The Kier molecular flexibility index (Phi) is 5.69. The monoisotopic (exact) mass is 364 g/mol. The number of anilines is 1. The van der Waals surface area contributed by atoms with Crippen LogP contribution in [0.4, 0.5) is 10.1 Å². The van der Waals surface area contributed by atoms with Crippen LogP contribution in [0.2, 0.25) is 0 Å².